The third kappa shape index (κ3) is 7.49. The number of likely N-dealkylation sites (tertiary alicyclic amines) is 3. The van der Waals surface area contributed by atoms with Crippen molar-refractivity contribution >= 4 is 11.9 Å². The summed E-state index contributed by atoms with van der Waals surface area (Å²) in [7, 11) is 1.62. The van der Waals surface area contributed by atoms with Crippen LogP contribution in [0.2, 0.25) is 0 Å². The monoisotopic (exact) mass is 628 g/mol. The number of rotatable bonds is 8. The lowest BCUT2D eigenvalue weighted by Crippen LogP contribution is -2.56. The summed E-state index contributed by atoms with van der Waals surface area (Å²) in [6.07, 6.45) is 9.47. The first-order chi connectivity index (χ1) is 22.4. The van der Waals surface area contributed by atoms with Crippen LogP contribution in [-0.4, -0.2) is 94.7 Å². The fraction of sp³-hybridized carbons (Fsp3) is 0.528. The van der Waals surface area contributed by atoms with Gasteiger partial charge in [-0.15, -0.1) is 0 Å². The maximum atomic E-state index is 14.0. The highest BCUT2D eigenvalue weighted by Crippen LogP contribution is 2.26. The van der Waals surface area contributed by atoms with Gasteiger partial charge in [-0.25, -0.2) is 9.59 Å². The lowest BCUT2D eigenvalue weighted by atomic mass is 9.98. The van der Waals surface area contributed by atoms with Crippen LogP contribution in [0.5, 0.6) is 5.75 Å². The van der Waals surface area contributed by atoms with Crippen LogP contribution < -0.4 is 15.7 Å². The first kappa shape index (κ1) is 31.9. The SMILES string of the molecule is COc1cccc(-c2cn(C3CCN(C(=O)NC(Cc4cccc(C)c4)C(=O)N4CCC(N5CCCCC5)CC4)CC3)c(=O)[nH]2)c1. The molecule has 10 heteroatoms. The number of aryl methyl sites for hydroxylation is 1. The van der Waals surface area contributed by atoms with Gasteiger partial charge >= 0.3 is 11.7 Å². The van der Waals surface area contributed by atoms with E-state index in [1.54, 1.807) is 16.6 Å². The Morgan fingerprint density at radius 3 is 2.30 bits per heavy atom. The zero-order valence-electron chi connectivity index (χ0n) is 27.2. The molecule has 3 amide bonds. The number of nitrogens with one attached hydrogen (secondary N) is 2. The normalized spacial score (nSPS) is 19.2. The molecule has 2 aromatic carbocycles. The minimum absolute atomic E-state index is 0.00535. The number of piperidine rings is 3. The van der Waals surface area contributed by atoms with Gasteiger partial charge in [0.15, 0.2) is 0 Å². The number of hydrogen-bond acceptors (Lipinski definition) is 5. The van der Waals surface area contributed by atoms with Crippen molar-refractivity contribution < 1.29 is 14.3 Å². The van der Waals surface area contributed by atoms with Gasteiger partial charge in [0.1, 0.15) is 11.8 Å². The molecule has 0 aliphatic carbocycles. The molecule has 10 nitrogen and oxygen atoms in total. The largest absolute Gasteiger partial charge is 0.497 e. The number of nitrogens with zero attached hydrogens (tertiary/aromatic N) is 4. The molecule has 1 unspecified atom stereocenters. The van der Waals surface area contributed by atoms with Crippen LogP contribution in [0.4, 0.5) is 4.79 Å². The standard InChI is InChI=1S/C36H48N6O4/c1-26-8-6-9-27(22-26)23-32(34(43)40-18-12-29(13-19-40)39-16-4-3-5-17-39)37-35(44)41-20-14-30(15-21-41)42-25-33(38-36(42)45)28-10-7-11-31(24-28)46-2/h6-11,22,24-25,29-30,32H,3-5,12-21,23H2,1-2H3,(H,37,44)(H,38,45). The number of ether oxygens (including phenoxy) is 1. The van der Waals surface area contributed by atoms with E-state index in [0.717, 1.165) is 54.1 Å². The second-order valence-electron chi connectivity index (χ2n) is 13.2. The van der Waals surface area contributed by atoms with E-state index in [1.807, 2.05) is 60.5 Å². The molecule has 3 aliphatic heterocycles. The molecule has 6 rings (SSSR count). The Morgan fingerprint density at radius 1 is 0.891 bits per heavy atom. The van der Waals surface area contributed by atoms with Crippen LogP contribution in [0, 0.1) is 6.92 Å². The topological polar surface area (TPSA) is 103 Å². The number of imidazole rings is 1. The number of aromatic amines is 1. The third-order valence-corrected chi connectivity index (χ3v) is 10.1. The molecular weight excluding hydrogens is 580 g/mol. The van der Waals surface area contributed by atoms with Crippen LogP contribution in [0.3, 0.4) is 0 Å². The molecule has 0 saturated carbocycles. The van der Waals surface area contributed by atoms with Crippen LogP contribution in [0.1, 0.15) is 62.1 Å². The molecule has 1 aromatic heterocycles. The zero-order valence-corrected chi connectivity index (χ0v) is 27.2. The molecule has 1 atom stereocenters. The lowest BCUT2D eigenvalue weighted by molar-refractivity contribution is -0.134. The van der Waals surface area contributed by atoms with Gasteiger partial charge in [0.2, 0.25) is 5.91 Å². The van der Waals surface area contributed by atoms with E-state index in [9.17, 15) is 14.4 Å². The first-order valence-electron chi connectivity index (χ1n) is 17.0. The highest BCUT2D eigenvalue weighted by molar-refractivity contribution is 5.87. The second-order valence-corrected chi connectivity index (χ2v) is 13.2. The molecule has 3 fully saturated rings. The van der Waals surface area contributed by atoms with Gasteiger partial charge in [-0.1, -0.05) is 48.4 Å². The first-order valence-corrected chi connectivity index (χ1v) is 17.0. The van der Waals surface area contributed by atoms with Crippen molar-refractivity contribution in [2.24, 2.45) is 0 Å². The molecule has 3 saturated heterocycles. The Hall–Kier alpha value is -4.05. The van der Waals surface area contributed by atoms with Gasteiger partial charge in [-0.05, 0) is 76.2 Å². The Morgan fingerprint density at radius 2 is 1.59 bits per heavy atom. The summed E-state index contributed by atoms with van der Waals surface area (Å²) in [4.78, 5) is 49.8. The van der Waals surface area contributed by atoms with Gasteiger partial charge in [0, 0.05) is 56.4 Å². The Labute approximate surface area is 271 Å². The average molecular weight is 629 g/mol. The summed E-state index contributed by atoms with van der Waals surface area (Å²) < 4.78 is 7.09. The predicted molar refractivity (Wildman–Crippen MR) is 179 cm³/mol. The van der Waals surface area contributed by atoms with Crippen molar-refractivity contribution in [1.29, 1.82) is 0 Å². The predicted octanol–water partition coefficient (Wildman–Crippen LogP) is 4.60. The zero-order chi connectivity index (χ0) is 32.0. The number of carbonyl (C=O) groups is 2. The molecule has 2 N–H and O–H groups in total. The molecule has 3 aromatic rings. The number of hydrogen-bond donors (Lipinski definition) is 2. The Bertz CT molecular complexity index is 1540. The van der Waals surface area contributed by atoms with E-state index in [4.69, 9.17) is 4.74 Å². The van der Waals surface area contributed by atoms with E-state index in [-0.39, 0.29) is 23.7 Å². The number of amides is 3. The van der Waals surface area contributed by atoms with Gasteiger partial charge in [-0.3, -0.25) is 9.36 Å². The fourth-order valence-electron chi connectivity index (χ4n) is 7.44. The number of urea groups is 1. The molecule has 246 valence electrons. The van der Waals surface area contributed by atoms with Crippen molar-refractivity contribution in [2.75, 3.05) is 46.4 Å². The van der Waals surface area contributed by atoms with E-state index >= 15 is 0 Å². The van der Waals surface area contributed by atoms with Crippen LogP contribution in [-0.2, 0) is 11.2 Å². The molecule has 4 heterocycles. The van der Waals surface area contributed by atoms with Crippen molar-refractivity contribution in [1.82, 2.24) is 29.6 Å². The smallest absolute Gasteiger partial charge is 0.326 e. The van der Waals surface area contributed by atoms with Crippen molar-refractivity contribution in [3.8, 4) is 17.0 Å². The molecule has 0 bridgehead atoms. The number of methoxy groups -OCH3 is 1. The molecule has 0 spiro atoms. The second kappa shape index (κ2) is 14.6. The number of benzene rings is 2. The van der Waals surface area contributed by atoms with Gasteiger partial charge in [-0.2, -0.15) is 0 Å². The van der Waals surface area contributed by atoms with Crippen molar-refractivity contribution in [3.63, 3.8) is 0 Å². The number of aromatic nitrogens is 2. The number of carbonyl (C=O) groups excluding carboxylic acids is 2. The third-order valence-electron chi connectivity index (χ3n) is 10.1. The highest BCUT2D eigenvalue weighted by Gasteiger charge is 2.33. The van der Waals surface area contributed by atoms with E-state index in [1.165, 1.54) is 32.4 Å². The summed E-state index contributed by atoms with van der Waals surface area (Å²) in [6, 6.07) is 15.5. The quantitative estimate of drug-likeness (QED) is 0.380. The molecular formula is C36H48N6O4. The maximum absolute atomic E-state index is 14.0. The summed E-state index contributed by atoms with van der Waals surface area (Å²) in [6.45, 7) is 6.87. The molecule has 46 heavy (non-hydrogen) atoms. The van der Waals surface area contributed by atoms with E-state index in [2.05, 4.69) is 21.3 Å². The van der Waals surface area contributed by atoms with E-state index < -0.39 is 6.04 Å². The van der Waals surface area contributed by atoms with Crippen LogP contribution in [0.15, 0.2) is 59.5 Å². The Kier molecular flexibility index (Phi) is 10.1. The van der Waals surface area contributed by atoms with E-state index in [0.29, 0.717) is 38.4 Å². The van der Waals surface area contributed by atoms with Gasteiger partial charge in [0.05, 0.1) is 12.8 Å². The summed E-state index contributed by atoms with van der Waals surface area (Å²) in [5, 5.41) is 3.13. The summed E-state index contributed by atoms with van der Waals surface area (Å²) in [5.41, 5.74) is 3.63. The van der Waals surface area contributed by atoms with Gasteiger partial charge < -0.3 is 29.7 Å². The molecule has 3 aliphatic rings. The summed E-state index contributed by atoms with van der Waals surface area (Å²) in [5.74, 6) is 0.734. The Balaban J connectivity index is 1.08. The molecule has 0 radical (unpaired) electrons. The minimum Gasteiger partial charge on any atom is -0.497 e. The lowest BCUT2D eigenvalue weighted by Gasteiger charge is -2.41. The van der Waals surface area contributed by atoms with Crippen LogP contribution in [0.25, 0.3) is 11.3 Å². The maximum Gasteiger partial charge on any atom is 0.326 e. The van der Waals surface area contributed by atoms with Crippen LogP contribution >= 0.6 is 0 Å². The average Bonchev–Trinajstić information content (AvgIpc) is 3.49. The fourth-order valence-corrected chi connectivity index (χ4v) is 7.44. The van der Waals surface area contributed by atoms with Gasteiger partial charge in [0.25, 0.3) is 0 Å². The van der Waals surface area contributed by atoms with Crippen molar-refractivity contribution in [2.45, 2.75) is 76.4 Å². The number of H-pyrrole nitrogens is 1. The van der Waals surface area contributed by atoms with Crippen molar-refractivity contribution in [3.05, 3.63) is 76.3 Å². The minimum atomic E-state index is -0.628. The summed E-state index contributed by atoms with van der Waals surface area (Å²) >= 11 is 0. The highest BCUT2D eigenvalue weighted by atomic mass is 16.5.